The van der Waals surface area contributed by atoms with Crippen LogP contribution in [0.15, 0.2) is 76.6 Å². The van der Waals surface area contributed by atoms with Crippen molar-refractivity contribution in [2.45, 2.75) is 16.1 Å². The minimum Gasteiger partial charge on any atom is -0.507 e. The van der Waals surface area contributed by atoms with Gasteiger partial charge in [0.1, 0.15) is 36.6 Å². The number of ketones is 1. The molecule has 1 atom stereocenters. The summed E-state index contributed by atoms with van der Waals surface area (Å²) in [5, 5.41) is 19.5. The van der Waals surface area contributed by atoms with E-state index in [-0.39, 0.29) is 33.4 Å². The molecule has 1 amide bonds. The Morgan fingerprint density at radius 2 is 1.70 bits per heavy atom. The summed E-state index contributed by atoms with van der Waals surface area (Å²) in [6, 6.07) is 15.3. The number of benzene rings is 3. The number of Topliss-reactive ketones (excluding diaryl/α,β-unsaturated/α-hetero) is 1. The number of hydrogen-bond acceptors (Lipinski definition) is 9. The van der Waals surface area contributed by atoms with Gasteiger partial charge in [-0.3, -0.25) is 14.5 Å². The van der Waals surface area contributed by atoms with Crippen molar-refractivity contribution in [3.8, 4) is 11.5 Å². The fourth-order valence-corrected chi connectivity index (χ4v) is 6.33. The van der Waals surface area contributed by atoms with Crippen LogP contribution in [0.1, 0.15) is 22.7 Å². The molecule has 12 heteroatoms. The number of fused-ring (bicyclic) bond motifs is 1. The number of aliphatic hydroxyl groups is 1. The van der Waals surface area contributed by atoms with Crippen LogP contribution in [-0.4, -0.2) is 40.2 Å². The van der Waals surface area contributed by atoms with Crippen LogP contribution in [0.5, 0.6) is 11.5 Å². The molecular weight excluding hydrogens is 560 g/mol. The van der Waals surface area contributed by atoms with E-state index in [1.165, 1.54) is 48.2 Å². The Morgan fingerprint density at radius 1 is 0.975 bits per heavy atom. The number of nitrogens with zero attached hydrogens (tertiary/aromatic N) is 3. The van der Waals surface area contributed by atoms with Crippen molar-refractivity contribution in [3.05, 3.63) is 101 Å². The Hall–Kier alpha value is -4.29. The molecule has 2 aliphatic rings. The van der Waals surface area contributed by atoms with E-state index in [9.17, 15) is 19.1 Å². The number of hydrogen-bond donors (Lipinski definition) is 1. The van der Waals surface area contributed by atoms with E-state index < -0.39 is 29.3 Å². The zero-order valence-electron chi connectivity index (χ0n) is 20.5. The van der Waals surface area contributed by atoms with Crippen LogP contribution < -0.4 is 14.4 Å². The number of aliphatic hydroxyl groups excluding tert-OH is 1. The van der Waals surface area contributed by atoms with Gasteiger partial charge < -0.3 is 14.6 Å². The van der Waals surface area contributed by atoms with Gasteiger partial charge in [0.15, 0.2) is 15.8 Å². The quantitative estimate of drug-likeness (QED) is 0.105. The molecule has 0 aliphatic carbocycles. The lowest BCUT2D eigenvalue weighted by Gasteiger charge is -2.23. The molecule has 6 rings (SSSR count). The third-order valence-corrected chi connectivity index (χ3v) is 8.48. The largest absolute Gasteiger partial charge is 0.507 e. The smallest absolute Gasteiger partial charge is 0.301 e. The molecule has 1 saturated heterocycles. The van der Waals surface area contributed by atoms with Gasteiger partial charge >= 0.3 is 5.91 Å². The highest BCUT2D eigenvalue weighted by Gasteiger charge is 2.49. The highest BCUT2D eigenvalue weighted by atomic mass is 32.2. The Labute approximate surface area is 234 Å². The molecule has 1 unspecified atom stereocenters. The van der Waals surface area contributed by atoms with Crippen molar-refractivity contribution < 1.29 is 33.0 Å². The van der Waals surface area contributed by atoms with E-state index >= 15 is 4.39 Å². The van der Waals surface area contributed by atoms with Gasteiger partial charge in [-0.25, -0.2) is 8.78 Å². The van der Waals surface area contributed by atoms with E-state index in [0.717, 1.165) is 16.2 Å². The molecule has 0 radical (unpaired) electrons. The first kappa shape index (κ1) is 26.0. The SMILES string of the molecule is O=C1C(=O)N(c2nnc(SCc3ccccc3F)s2)C(c2ccccc2F)C1=C(O)c1ccc2c(c1)OCCO2. The fraction of sp³-hybridized carbons (Fsp3) is 0.143. The number of rotatable bonds is 6. The number of amides is 1. The molecular formula is C28H19F2N3O5S2. The van der Waals surface area contributed by atoms with Crippen LogP contribution in [0, 0.1) is 11.6 Å². The molecule has 202 valence electrons. The fourth-order valence-electron chi connectivity index (χ4n) is 4.48. The first-order chi connectivity index (χ1) is 19.4. The second-order valence-electron chi connectivity index (χ2n) is 8.78. The van der Waals surface area contributed by atoms with Gasteiger partial charge in [0.25, 0.3) is 5.78 Å². The van der Waals surface area contributed by atoms with Crippen molar-refractivity contribution >= 4 is 45.7 Å². The Balaban J connectivity index is 1.40. The highest BCUT2D eigenvalue weighted by molar-refractivity contribution is 8.00. The predicted molar refractivity (Wildman–Crippen MR) is 144 cm³/mol. The molecule has 0 spiro atoms. The van der Waals surface area contributed by atoms with Gasteiger partial charge in [-0.2, -0.15) is 0 Å². The minimum absolute atomic E-state index is 0.00319. The molecule has 1 N–H and O–H groups in total. The Kier molecular flexibility index (Phi) is 6.95. The molecule has 0 saturated carbocycles. The van der Waals surface area contributed by atoms with Crippen LogP contribution in [0.2, 0.25) is 0 Å². The average molecular weight is 580 g/mol. The summed E-state index contributed by atoms with van der Waals surface area (Å²) in [5.74, 6) is -2.41. The normalized spacial score (nSPS) is 17.9. The predicted octanol–water partition coefficient (Wildman–Crippen LogP) is 5.51. The zero-order valence-corrected chi connectivity index (χ0v) is 22.2. The summed E-state index contributed by atoms with van der Waals surface area (Å²) in [7, 11) is 0. The molecule has 1 fully saturated rings. The van der Waals surface area contributed by atoms with E-state index in [2.05, 4.69) is 10.2 Å². The monoisotopic (exact) mass is 579 g/mol. The van der Waals surface area contributed by atoms with Crippen LogP contribution in [0.4, 0.5) is 13.9 Å². The first-order valence-electron chi connectivity index (χ1n) is 12.1. The van der Waals surface area contributed by atoms with Gasteiger partial charge in [0.05, 0.1) is 5.57 Å². The number of carbonyl (C=O) groups is 2. The molecule has 8 nitrogen and oxygen atoms in total. The number of halogens is 2. The van der Waals surface area contributed by atoms with E-state index in [1.54, 1.807) is 30.3 Å². The number of thioether (sulfide) groups is 1. The van der Waals surface area contributed by atoms with E-state index in [0.29, 0.717) is 34.6 Å². The summed E-state index contributed by atoms with van der Waals surface area (Å²) in [4.78, 5) is 27.8. The third-order valence-electron chi connectivity index (χ3n) is 6.37. The van der Waals surface area contributed by atoms with Gasteiger partial charge in [-0.1, -0.05) is 59.5 Å². The van der Waals surface area contributed by atoms with Crippen LogP contribution in [0.3, 0.4) is 0 Å². The van der Waals surface area contributed by atoms with Gasteiger partial charge in [0.2, 0.25) is 5.13 Å². The van der Waals surface area contributed by atoms with E-state index in [1.807, 2.05) is 0 Å². The Bertz CT molecular complexity index is 1680. The standard InChI is InChI=1S/C28H19F2N3O5S2/c29-18-7-3-1-5-16(18)14-39-28-32-31-27(40-28)33-23(17-6-2-4-8-19(17)30)22(25(35)26(33)36)24(34)15-9-10-20-21(13-15)38-12-11-37-20/h1-10,13,23,34H,11-12,14H2. The molecule has 1 aromatic heterocycles. The molecule has 40 heavy (non-hydrogen) atoms. The molecule has 0 bridgehead atoms. The Morgan fingerprint density at radius 3 is 2.48 bits per heavy atom. The lowest BCUT2D eigenvalue weighted by Crippen LogP contribution is -2.29. The molecule has 2 aliphatic heterocycles. The first-order valence-corrected chi connectivity index (χ1v) is 13.9. The maximum atomic E-state index is 15.1. The van der Waals surface area contributed by atoms with Crippen molar-refractivity contribution in [2.24, 2.45) is 0 Å². The second kappa shape index (κ2) is 10.7. The number of ether oxygens (including phenoxy) is 2. The molecule has 3 heterocycles. The van der Waals surface area contributed by atoms with Crippen molar-refractivity contribution in [1.29, 1.82) is 0 Å². The summed E-state index contributed by atoms with van der Waals surface area (Å²) in [6.45, 7) is 0.685. The summed E-state index contributed by atoms with van der Waals surface area (Å²) >= 11 is 2.21. The number of carbonyl (C=O) groups excluding carboxylic acids is 2. The zero-order chi connectivity index (χ0) is 27.8. The molecule has 4 aromatic rings. The summed E-state index contributed by atoms with van der Waals surface area (Å²) < 4.78 is 40.7. The second-order valence-corrected chi connectivity index (χ2v) is 11.0. The van der Waals surface area contributed by atoms with Gasteiger partial charge in [-0.05, 0) is 35.9 Å². The lowest BCUT2D eigenvalue weighted by atomic mass is 9.95. The van der Waals surface area contributed by atoms with Gasteiger partial charge in [0, 0.05) is 16.9 Å². The lowest BCUT2D eigenvalue weighted by molar-refractivity contribution is -0.132. The van der Waals surface area contributed by atoms with Crippen molar-refractivity contribution in [2.75, 3.05) is 18.1 Å². The topological polar surface area (TPSA) is 102 Å². The van der Waals surface area contributed by atoms with Gasteiger partial charge in [-0.15, -0.1) is 10.2 Å². The number of anilines is 1. The van der Waals surface area contributed by atoms with Crippen molar-refractivity contribution in [1.82, 2.24) is 10.2 Å². The van der Waals surface area contributed by atoms with Crippen LogP contribution >= 0.6 is 23.1 Å². The maximum Gasteiger partial charge on any atom is 0.301 e. The highest BCUT2D eigenvalue weighted by Crippen LogP contribution is 2.45. The van der Waals surface area contributed by atoms with Crippen LogP contribution in [-0.2, 0) is 15.3 Å². The summed E-state index contributed by atoms with van der Waals surface area (Å²) in [6.07, 6.45) is 0. The minimum atomic E-state index is -1.31. The maximum absolute atomic E-state index is 15.1. The summed E-state index contributed by atoms with van der Waals surface area (Å²) in [5.41, 5.74) is 0.358. The number of aromatic nitrogens is 2. The average Bonchev–Trinajstić information content (AvgIpc) is 3.54. The van der Waals surface area contributed by atoms with Crippen LogP contribution in [0.25, 0.3) is 5.76 Å². The molecule has 3 aromatic carbocycles. The van der Waals surface area contributed by atoms with E-state index in [4.69, 9.17) is 9.47 Å². The van der Waals surface area contributed by atoms with Crippen molar-refractivity contribution in [3.63, 3.8) is 0 Å². The third kappa shape index (κ3) is 4.69.